The summed E-state index contributed by atoms with van der Waals surface area (Å²) in [6, 6.07) is 13.3. The number of hydrogen-bond donors (Lipinski definition) is 1. The molecule has 0 atom stereocenters. The quantitative estimate of drug-likeness (QED) is 0.712. The molecule has 0 spiro atoms. The number of anilines is 1. The van der Waals surface area contributed by atoms with Crippen molar-refractivity contribution in [2.45, 2.75) is 11.8 Å². The maximum atomic E-state index is 12.8. The normalized spacial score (nSPS) is 11.5. The predicted molar refractivity (Wildman–Crippen MR) is 103 cm³/mol. The molecule has 9 heteroatoms. The third-order valence-electron chi connectivity index (χ3n) is 3.98. The van der Waals surface area contributed by atoms with Crippen molar-refractivity contribution in [1.29, 1.82) is 0 Å². The monoisotopic (exact) mass is 411 g/mol. The molecule has 0 amide bonds. The Bertz CT molecular complexity index is 1120. The van der Waals surface area contributed by atoms with Crippen LogP contribution >= 0.6 is 23.2 Å². The van der Waals surface area contributed by atoms with Crippen LogP contribution in [0.1, 0.15) is 5.69 Å². The van der Waals surface area contributed by atoms with Gasteiger partial charge in [-0.25, -0.2) is 13.1 Å². The highest BCUT2D eigenvalue weighted by Gasteiger charge is 2.26. The van der Waals surface area contributed by atoms with E-state index in [0.29, 0.717) is 11.4 Å². The van der Waals surface area contributed by atoms with Crippen LogP contribution in [0.15, 0.2) is 58.2 Å². The van der Waals surface area contributed by atoms with Gasteiger partial charge >= 0.3 is 0 Å². The van der Waals surface area contributed by atoms with E-state index in [4.69, 9.17) is 23.2 Å². The van der Waals surface area contributed by atoms with Crippen molar-refractivity contribution < 1.29 is 8.42 Å². The Labute approximate surface area is 160 Å². The Balaban J connectivity index is 2.14. The number of nitrogens with one attached hydrogen (secondary N) is 1. The van der Waals surface area contributed by atoms with E-state index in [1.807, 2.05) is 6.07 Å². The van der Waals surface area contributed by atoms with Crippen LogP contribution in [0.2, 0.25) is 10.0 Å². The van der Waals surface area contributed by atoms with Gasteiger partial charge in [0.2, 0.25) is 0 Å². The van der Waals surface area contributed by atoms with Gasteiger partial charge in [-0.3, -0.25) is 14.2 Å². The fourth-order valence-electron chi connectivity index (χ4n) is 2.61. The van der Waals surface area contributed by atoms with Crippen LogP contribution < -0.4 is 10.3 Å². The maximum Gasteiger partial charge on any atom is 0.296 e. The van der Waals surface area contributed by atoms with Crippen LogP contribution in [-0.4, -0.2) is 17.8 Å². The molecule has 6 nitrogen and oxygen atoms in total. The number of sulfonamides is 1. The number of rotatable bonds is 4. The van der Waals surface area contributed by atoms with Crippen molar-refractivity contribution in [2.24, 2.45) is 7.05 Å². The molecule has 26 heavy (non-hydrogen) atoms. The Morgan fingerprint density at radius 2 is 1.54 bits per heavy atom. The molecular weight excluding hydrogens is 397 g/mol. The summed E-state index contributed by atoms with van der Waals surface area (Å²) in [5, 5.41) is -0.0519. The molecule has 136 valence electrons. The number of hydrogen-bond acceptors (Lipinski definition) is 3. The maximum absolute atomic E-state index is 12.8. The number of aromatic nitrogens is 2. The fraction of sp³-hybridized carbons (Fsp3) is 0.118. The summed E-state index contributed by atoms with van der Waals surface area (Å²) in [7, 11) is -2.48. The number of nitrogens with zero attached hydrogens (tertiary/aromatic N) is 2. The largest absolute Gasteiger partial charge is 0.296 e. The lowest BCUT2D eigenvalue weighted by Crippen LogP contribution is -2.23. The van der Waals surface area contributed by atoms with Crippen molar-refractivity contribution in [2.75, 3.05) is 4.72 Å². The van der Waals surface area contributed by atoms with Gasteiger partial charge in [-0.2, -0.15) is 0 Å². The van der Waals surface area contributed by atoms with E-state index in [9.17, 15) is 13.2 Å². The van der Waals surface area contributed by atoms with E-state index in [2.05, 4.69) is 4.72 Å². The highest BCUT2D eigenvalue weighted by atomic mass is 35.5. The van der Waals surface area contributed by atoms with Gasteiger partial charge in [0.1, 0.15) is 10.6 Å². The molecule has 3 aromatic rings. The average Bonchev–Trinajstić information content (AvgIpc) is 2.78. The summed E-state index contributed by atoms with van der Waals surface area (Å²) >= 11 is 12.0. The molecule has 0 bridgehead atoms. The van der Waals surface area contributed by atoms with Crippen molar-refractivity contribution >= 4 is 38.9 Å². The second-order valence-corrected chi connectivity index (χ2v) is 8.03. The Morgan fingerprint density at radius 3 is 2.12 bits per heavy atom. The molecule has 0 aliphatic carbocycles. The van der Waals surface area contributed by atoms with Gasteiger partial charge in [0.25, 0.3) is 15.6 Å². The van der Waals surface area contributed by atoms with Gasteiger partial charge in [-0.15, -0.1) is 0 Å². The van der Waals surface area contributed by atoms with Gasteiger partial charge in [0, 0.05) is 7.05 Å². The van der Waals surface area contributed by atoms with E-state index in [0.717, 1.165) is 0 Å². The lowest BCUT2D eigenvalue weighted by atomic mass is 10.3. The zero-order valence-electron chi connectivity index (χ0n) is 13.9. The molecule has 0 aliphatic rings. The van der Waals surface area contributed by atoms with Crippen LogP contribution in [0.5, 0.6) is 0 Å². The first-order chi connectivity index (χ1) is 12.2. The van der Waals surface area contributed by atoms with Crippen LogP contribution in [0.25, 0.3) is 5.69 Å². The average molecular weight is 412 g/mol. The Kier molecular flexibility index (Phi) is 4.88. The van der Waals surface area contributed by atoms with Crippen molar-refractivity contribution in [1.82, 2.24) is 9.36 Å². The van der Waals surface area contributed by atoms with E-state index < -0.39 is 15.6 Å². The van der Waals surface area contributed by atoms with Gasteiger partial charge in [-0.1, -0.05) is 47.5 Å². The number of halogens is 2. The van der Waals surface area contributed by atoms with Crippen molar-refractivity contribution in [3.8, 4) is 5.69 Å². The molecule has 1 N–H and O–H groups in total. The van der Waals surface area contributed by atoms with Gasteiger partial charge < -0.3 is 0 Å². The molecule has 0 saturated carbocycles. The molecule has 3 rings (SSSR count). The summed E-state index contributed by atoms with van der Waals surface area (Å²) in [4.78, 5) is 12.6. The zero-order valence-corrected chi connectivity index (χ0v) is 16.2. The van der Waals surface area contributed by atoms with Crippen molar-refractivity contribution in [3.05, 3.63) is 74.6 Å². The van der Waals surface area contributed by atoms with Crippen LogP contribution in [-0.2, 0) is 17.1 Å². The summed E-state index contributed by atoms with van der Waals surface area (Å²) in [6.45, 7) is 1.65. The smallest absolute Gasteiger partial charge is 0.283 e. The minimum Gasteiger partial charge on any atom is -0.283 e. The molecule has 1 heterocycles. The summed E-state index contributed by atoms with van der Waals surface area (Å²) in [5.74, 6) is 0. The predicted octanol–water partition coefficient (Wildman–Crippen LogP) is 3.59. The van der Waals surface area contributed by atoms with Gasteiger partial charge in [-0.05, 0) is 31.2 Å². The summed E-state index contributed by atoms with van der Waals surface area (Å²) < 4.78 is 30.8. The minimum absolute atomic E-state index is 0.0260. The lowest BCUT2D eigenvalue weighted by Gasteiger charge is -2.10. The standard InChI is InChI=1S/C17H15Cl2N3O3S/c1-11-15(17(23)22(21(11)2)12-7-4-3-5-8-12)20-26(24,25)16-13(18)9-6-10-14(16)19/h3-10,20H,1-2H3. The highest BCUT2D eigenvalue weighted by Crippen LogP contribution is 2.30. The molecule has 0 saturated heterocycles. The lowest BCUT2D eigenvalue weighted by molar-refractivity contribution is 0.601. The molecule has 1 aromatic heterocycles. The zero-order chi connectivity index (χ0) is 19.1. The number of benzene rings is 2. The first-order valence-electron chi connectivity index (χ1n) is 7.55. The Hall–Kier alpha value is -2.22. The van der Waals surface area contributed by atoms with E-state index in [1.165, 1.54) is 16.8 Å². The van der Waals surface area contributed by atoms with E-state index in [-0.39, 0.29) is 20.6 Å². The minimum atomic E-state index is -4.15. The first kappa shape index (κ1) is 18.6. The molecule has 0 aliphatic heterocycles. The van der Waals surface area contributed by atoms with Gasteiger partial charge in [0.05, 0.1) is 21.4 Å². The fourth-order valence-corrected chi connectivity index (χ4v) is 4.87. The van der Waals surface area contributed by atoms with Crippen LogP contribution in [0.3, 0.4) is 0 Å². The van der Waals surface area contributed by atoms with Gasteiger partial charge in [0.15, 0.2) is 0 Å². The number of para-hydroxylation sites is 1. The van der Waals surface area contributed by atoms with E-state index in [1.54, 1.807) is 49.0 Å². The SMILES string of the molecule is Cc1c(NS(=O)(=O)c2c(Cl)cccc2Cl)c(=O)n(-c2ccccc2)n1C. The third kappa shape index (κ3) is 3.13. The topological polar surface area (TPSA) is 73.1 Å². The molecular formula is C17H15Cl2N3O3S. The summed E-state index contributed by atoms with van der Waals surface area (Å²) in [6.07, 6.45) is 0. The first-order valence-corrected chi connectivity index (χ1v) is 9.79. The molecule has 0 radical (unpaired) electrons. The summed E-state index contributed by atoms with van der Waals surface area (Å²) in [5.41, 5.74) is 0.505. The third-order valence-corrected chi connectivity index (χ3v) is 6.28. The van der Waals surface area contributed by atoms with E-state index >= 15 is 0 Å². The molecule has 0 fully saturated rings. The molecule has 0 unspecified atom stereocenters. The molecule has 2 aromatic carbocycles. The second-order valence-electron chi connectivity index (χ2n) is 5.59. The Morgan fingerprint density at radius 1 is 0.962 bits per heavy atom. The van der Waals surface area contributed by atoms with Crippen molar-refractivity contribution in [3.63, 3.8) is 0 Å². The highest BCUT2D eigenvalue weighted by molar-refractivity contribution is 7.93. The van der Waals surface area contributed by atoms with Crippen LogP contribution in [0.4, 0.5) is 5.69 Å². The second kappa shape index (κ2) is 6.83. The van der Waals surface area contributed by atoms with Crippen LogP contribution in [0, 0.1) is 6.92 Å².